The smallest absolute Gasteiger partial charge is 0.317 e. The Morgan fingerprint density at radius 3 is 1.94 bits per heavy atom. The summed E-state index contributed by atoms with van der Waals surface area (Å²) in [5.74, 6) is -0.350. The lowest BCUT2D eigenvalue weighted by molar-refractivity contribution is -0.129. The van der Waals surface area contributed by atoms with Crippen LogP contribution in [0.3, 0.4) is 0 Å². The van der Waals surface area contributed by atoms with Crippen LogP contribution in [0.25, 0.3) is 0 Å². The predicted octanol–water partition coefficient (Wildman–Crippen LogP) is 4.34. The zero-order valence-corrected chi connectivity index (χ0v) is 20.3. The van der Waals surface area contributed by atoms with Gasteiger partial charge in [-0.3, -0.25) is 14.9 Å². The van der Waals surface area contributed by atoms with Crippen LogP contribution in [0.4, 0.5) is 4.79 Å². The zero-order valence-electron chi connectivity index (χ0n) is 20.3. The molecular weight excluding hydrogens is 428 g/mol. The Morgan fingerprint density at radius 2 is 1.41 bits per heavy atom. The van der Waals surface area contributed by atoms with Crippen LogP contribution in [0.5, 0.6) is 0 Å². The first-order valence-electron chi connectivity index (χ1n) is 12.3. The van der Waals surface area contributed by atoms with Crippen molar-refractivity contribution in [3.63, 3.8) is 0 Å². The number of nitrogens with zero attached hydrogens (tertiary/aromatic N) is 2. The van der Waals surface area contributed by atoms with E-state index in [1.807, 2.05) is 17.0 Å². The third kappa shape index (κ3) is 7.05. The number of benzene rings is 2. The summed E-state index contributed by atoms with van der Waals surface area (Å²) in [7, 11) is 0. The van der Waals surface area contributed by atoms with E-state index in [4.69, 9.17) is 5.21 Å². The standard InChI is InChI=1S/C27H38N4O3/c1-21-19-30(26(23-13-7-5-8-14-23)24-15-9-6-10-16-24)20-22(2)31(21)27(33)28-18-12-4-3-11-17-25(32)29-34/h5-10,13-16,21-22,26,34H,3-4,11-12,17-20H2,1-2H3,(H,28,33)(H,29,32). The molecule has 184 valence electrons. The van der Waals surface area contributed by atoms with Gasteiger partial charge in [-0.2, -0.15) is 0 Å². The SMILES string of the molecule is CC1CN(C(c2ccccc2)c2ccccc2)CC(C)N1C(=O)NCCCCCCC(=O)NO. The molecule has 0 saturated carbocycles. The molecule has 0 bridgehead atoms. The van der Waals surface area contributed by atoms with Gasteiger partial charge in [0.1, 0.15) is 0 Å². The summed E-state index contributed by atoms with van der Waals surface area (Å²) in [6.07, 6.45) is 3.78. The summed E-state index contributed by atoms with van der Waals surface area (Å²) in [6, 6.07) is 21.5. The van der Waals surface area contributed by atoms with Gasteiger partial charge < -0.3 is 10.2 Å². The number of piperazine rings is 1. The zero-order chi connectivity index (χ0) is 24.3. The highest BCUT2D eigenvalue weighted by molar-refractivity contribution is 5.75. The molecule has 1 saturated heterocycles. The summed E-state index contributed by atoms with van der Waals surface area (Å²) in [5, 5.41) is 11.6. The number of hydrogen-bond donors (Lipinski definition) is 3. The highest BCUT2D eigenvalue weighted by Gasteiger charge is 2.36. The van der Waals surface area contributed by atoms with Gasteiger partial charge in [0.25, 0.3) is 0 Å². The lowest BCUT2D eigenvalue weighted by Crippen LogP contribution is -2.61. The van der Waals surface area contributed by atoms with Crippen molar-refractivity contribution >= 4 is 11.9 Å². The number of carbonyl (C=O) groups is 2. The molecule has 1 fully saturated rings. The van der Waals surface area contributed by atoms with Gasteiger partial charge in [0.05, 0.1) is 6.04 Å². The van der Waals surface area contributed by atoms with E-state index < -0.39 is 0 Å². The highest BCUT2D eigenvalue weighted by atomic mass is 16.5. The second-order valence-electron chi connectivity index (χ2n) is 9.21. The fourth-order valence-electron chi connectivity index (χ4n) is 4.97. The molecule has 2 atom stereocenters. The maximum Gasteiger partial charge on any atom is 0.317 e. The summed E-state index contributed by atoms with van der Waals surface area (Å²) in [5.41, 5.74) is 4.18. The van der Waals surface area contributed by atoms with Gasteiger partial charge in [-0.05, 0) is 37.8 Å². The second kappa shape index (κ2) is 13.1. The van der Waals surface area contributed by atoms with Gasteiger partial charge in [-0.25, -0.2) is 10.3 Å². The predicted molar refractivity (Wildman–Crippen MR) is 133 cm³/mol. The van der Waals surface area contributed by atoms with Crippen LogP contribution in [0.1, 0.15) is 63.1 Å². The highest BCUT2D eigenvalue weighted by Crippen LogP contribution is 2.32. The molecule has 1 aliphatic heterocycles. The number of carbonyl (C=O) groups excluding carboxylic acids is 2. The molecular formula is C27H38N4O3. The molecule has 0 spiro atoms. The summed E-state index contributed by atoms with van der Waals surface area (Å²) < 4.78 is 0. The van der Waals surface area contributed by atoms with Crippen molar-refractivity contribution < 1.29 is 14.8 Å². The van der Waals surface area contributed by atoms with E-state index in [1.54, 1.807) is 5.48 Å². The molecule has 1 aliphatic rings. The molecule has 2 aromatic rings. The van der Waals surface area contributed by atoms with Crippen molar-refractivity contribution in [3.05, 3.63) is 71.8 Å². The first-order chi connectivity index (χ1) is 16.5. The monoisotopic (exact) mass is 466 g/mol. The van der Waals surface area contributed by atoms with Crippen LogP contribution in [0.2, 0.25) is 0 Å². The third-order valence-corrected chi connectivity index (χ3v) is 6.51. The number of hydroxylamine groups is 1. The van der Waals surface area contributed by atoms with E-state index in [1.165, 1.54) is 11.1 Å². The van der Waals surface area contributed by atoms with Crippen molar-refractivity contribution in [2.45, 2.75) is 64.1 Å². The Hall–Kier alpha value is -2.90. The van der Waals surface area contributed by atoms with Gasteiger partial charge in [0, 0.05) is 38.1 Å². The minimum Gasteiger partial charge on any atom is -0.338 e. The molecule has 1 heterocycles. The van der Waals surface area contributed by atoms with Gasteiger partial charge in [-0.15, -0.1) is 0 Å². The number of urea groups is 1. The van der Waals surface area contributed by atoms with E-state index in [0.717, 1.165) is 38.8 Å². The quantitative estimate of drug-likeness (QED) is 0.276. The van der Waals surface area contributed by atoms with E-state index in [-0.39, 0.29) is 30.1 Å². The van der Waals surface area contributed by atoms with Crippen LogP contribution in [-0.2, 0) is 4.79 Å². The number of hydrogen-bond acceptors (Lipinski definition) is 4. The number of rotatable bonds is 10. The van der Waals surface area contributed by atoms with Crippen LogP contribution in [0, 0.1) is 0 Å². The molecule has 0 aliphatic carbocycles. The third-order valence-electron chi connectivity index (χ3n) is 6.51. The van der Waals surface area contributed by atoms with E-state index in [9.17, 15) is 9.59 Å². The Bertz CT molecular complexity index is 842. The Kier molecular flexibility index (Phi) is 9.91. The molecule has 3 rings (SSSR count). The summed E-state index contributed by atoms with van der Waals surface area (Å²) in [6.45, 7) is 6.49. The minimum absolute atomic E-state index is 0.00437. The lowest BCUT2D eigenvalue weighted by Gasteiger charge is -2.47. The number of amides is 3. The fraction of sp³-hybridized carbons (Fsp3) is 0.481. The van der Waals surface area contributed by atoms with Crippen molar-refractivity contribution in [1.29, 1.82) is 0 Å². The van der Waals surface area contributed by atoms with Crippen LogP contribution >= 0.6 is 0 Å². The Balaban J connectivity index is 1.54. The summed E-state index contributed by atoms with van der Waals surface area (Å²) >= 11 is 0. The first-order valence-corrected chi connectivity index (χ1v) is 12.3. The van der Waals surface area contributed by atoms with Crippen molar-refractivity contribution in [3.8, 4) is 0 Å². The largest absolute Gasteiger partial charge is 0.338 e. The molecule has 0 radical (unpaired) electrons. The van der Waals surface area contributed by atoms with Gasteiger partial charge in [0.2, 0.25) is 5.91 Å². The molecule has 3 N–H and O–H groups in total. The van der Waals surface area contributed by atoms with Crippen molar-refractivity contribution in [1.82, 2.24) is 20.6 Å². The van der Waals surface area contributed by atoms with E-state index in [2.05, 4.69) is 72.6 Å². The molecule has 2 aromatic carbocycles. The molecule has 3 amide bonds. The lowest BCUT2D eigenvalue weighted by atomic mass is 9.94. The van der Waals surface area contributed by atoms with Crippen molar-refractivity contribution in [2.75, 3.05) is 19.6 Å². The molecule has 2 unspecified atom stereocenters. The van der Waals surface area contributed by atoms with Crippen molar-refractivity contribution in [2.24, 2.45) is 0 Å². The Morgan fingerprint density at radius 1 is 0.882 bits per heavy atom. The van der Waals surface area contributed by atoms with Gasteiger partial charge in [0.15, 0.2) is 0 Å². The summed E-state index contributed by atoms with van der Waals surface area (Å²) in [4.78, 5) is 28.5. The van der Waals surface area contributed by atoms with Gasteiger partial charge >= 0.3 is 6.03 Å². The molecule has 0 aromatic heterocycles. The maximum atomic E-state index is 13.0. The minimum atomic E-state index is -0.350. The van der Waals surface area contributed by atoms with E-state index in [0.29, 0.717) is 13.0 Å². The second-order valence-corrected chi connectivity index (χ2v) is 9.21. The Labute approximate surface area is 203 Å². The fourth-order valence-corrected chi connectivity index (χ4v) is 4.97. The number of nitrogens with one attached hydrogen (secondary N) is 2. The van der Waals surface area contributed by atoms with E-state index >= 15 is 0 Å². The van der Waals surface area contributed by atoms with Crippen LogP contribution in [0.15, 0.2) is 60.7 Å². The maximum absolute atomic E-state index is 13.0. The average molecular weight is 467 g/mol. The molecule has 7 nitrogen and oxygen atoms in total. The molecule has 34 heavy (non-hydrogen) atoms. The average Bonchev–Trinajstić information content (AvgIpc) is 2.84. The van der Waals surface area contributed by atoms with Crippen LogP contribution < -0.4 is 10.8 Å². The van der Waals surface area contributed by atoms with Gasteiger partial charge in [-0.1, -0.05) is 73.5 Å². The topological polar surface area (TPSA) is 84.9 Å². The molecule has 7 heteroatoms. The normalized spacial score (nSPS) is 18.6. The van der Waals surface area contributed by atoms with Crippen LogP contribution in [-0.4, -0.2) is 58.7 Å². The first kappa shape index (κ1) is 25.7. The number of unbranched alkanes of at least 4 members (excludes halogenated alkanes) is 3.